The average molecular weight is 409 g/mol. The number of benzene rings is 1. The van der Waals surface area contributed by atoms with Crippen LogP contribution in [0.4, 0.5) is 0 Å². The summed E-state index contributed by atoms with van der Waals surface area (Å²) >= 11 is 1.58. The van der Waals surface area contributed by atoms with Gasteiger partial charge in [0, 0.05) is 18.1 Å². The molecule has 1 amide bonds. The van der Waals surface area contributed by atoms with Crippen LogP contribution in [0.3, 0.4) is 0 Å². The molecule has 0 bridgehead atoms. The standard InChI is InChI=1S/C20H28N2O5S/c1-3-27-20(26)16(13-28-12-15-8-5-4-6-9-15)21-14(2)18(23)22-11-7-10-17(22)19(24)25/h4-6,8-9,14,16-17,21H,3,7,10-13H2,1-2H3,(H,24,25)/t14?,16?,17-/m0/s1. The summed E-state index contributed by atoms with van der Waals surface area (Å²) < 4.78 is 5.14. The van der Waals surface area contributed by atoms with Crippen molar-refractivity contribution in [2.24, 2.45) is 0 Å². The van der Waals surface area contributed by atoms with E-state index in [1.165, 1.54) is 4.90 Å². The molecule has 7 nitrogen and oxygen atoms in total. The summed E-state index contributed by atoms with van der Waals surface area (Å²) in [7, 11) is 0. The van der Waals surface area contributed by atoms with Gasteiger partial charge < -0.3 is 14.7 Å². The number of carbonyl (C=O) groups is 3. The van der Waals surface area contributed by atoms with E-state index in [9.17, 15) is 19.5 Å². The second kappa shape index (κ2) is 11.1. The first-order chi connectivity index (χ1) is 13.4. The Hall–Kier alpha value is -2.06. The Morgan fingerprint density at radius 3 is 2.68 bits per heavy atom. The molecule has 0 radical (unpaired) electrons. The van der Waals surface area contributed by atoms with Crippen molar-refractivity contribution >= 4 is 29.6 Å². The summed E-state index contributed by atoms with van der Waals surface area (Å²) in [6, 6.07) is 7.82. The zero-order valence-corrected chi connectivity index (χ0v) is 17.1. The molecular weight excluding hydrogens is 380 g/mol. The number of esters is 1. The molecule has 28 heavy (non-hydrogen) atoms. The molecule has 0 saturated carbocycles. The van der Waals surface area contributed by atoms with Gasteiger partial charge in [-0.1, -0.05) is 30.3 Å². The van der Waals surface area contributed by atoms with Gasteiger partial charge in [-0.15, -0.1) is 0 Å². The Bertz CT molecular complexity index is 670. The average Bonchev–Trinajstić information content (AvgIpc) is 3.17. The summed E-state index contributed by atoms with van der Waals surface area (Å²) in [5.74, 6) is -0.494. The lowest BCUT2D eigenvalue weighted by Gasteiger charge is -2.27. The van der Waals surface area contributed by atoms with E-state index in [2.05, 4.69) is 5.32 Å². The third kappa shape index (κ3) is 6.24. The number of carboxylic acids is 1. The zero-order chi connectivity index (χ0) is 20.5. The van der Waals surface area contributed by atoms with Gasteiger partial charge in [0.25, 0.3) is 0 Å². The number of hydrogen-bond donors (Lipinski definition) is 2. The largest absolute Gasteiger partial charge is 0.480 e. The van der Waals surface area contributed by atoms with Gasteiger partial charge >= 0.3 is 11.9 Å². The van der Waals surface area contributed by atoms with E-state index in [0.29, 0.717) is 25.1 Å². The second-order valence-electron chi connectivity index (χ2n) is 6.72. The monoisotopic (exact) mass is 408 g/mol. The van der Waals surface area contributed by atoms with Crippen LogP contribution in [-0.2, 0) is 24.9 Å². The van der Waals surface area contributed by atoms with Gasteiger partial charge in [0.2, 0.25) is 5.91 Å². The number of likely N-dealkylation sites (tertiary alicyclic amines) is 1. The fourth-order valence-corrected chi connectivity index (χ4v) is 4.22. The summed E-state index contributed by atoms with van der Waals surface area (Å²) in [4.78, 5) is 37.8. The molecule has 3 atom stereocenters. The van der Waals surface area contributed by atoms with E-state index in [0.717, 1.165) is 11.3 Å². The Kier molecular flexibility index (Phi) is 8.79. The Balaban J connectivity index is 1.95. The van der Waals surface area contributed by atoms with E-state index < -0.39 is 30.1 Å². The number of thioether (sulfide) groups is 1. The van der Waals surface area contributed by atoms with Gasteiger partial charge in [0.05, 0.1) is 12.6 Å². The molecular formula is C20H28N2O5S. The smallest absolute Gasteiger partial charge is 0.326 e. The minimum Gasteiger partial charge on any atom is -0.480 e. The molecule has 0 spiro atoms. The fraction of sp³-hybridized carbons (Fsp3) is 0.550. The van der Waals surface area contributed by atoms with Crippen LogP contribution in [0.5, 0.6) is 0 Å². The van der Waals surface area contributed by atoms with Crippen LogP contribution < -0.4 is 5.32 Å². The van der Waals surface area contributed by atoms with E-state index in [1.807, 2.05) is 30.3 Å². The topological polar surface area (TPSA) is 95.9 Å². The van der Waals surface area contributed by atoms with Crippen molar-refractivity contribution in [2.45, 2.75) is 50.6 Å². The van der Waals surface area contributed by atoms with Crippen molar-refractivity contribution < 1.29 is 24.2 Å². The number of nitrogens with one attached hydrogen (secondary N) is 1. The molecule has 1 aliphatic rings. The molecule has 1 aromatic carbocycles. The van der Waals surface area contributed by atoms with Crippen molar-refractivity contribution in [2.75, 3.05) is 18.9 Å². The van der Waals surface area contributed by atoms with Crippen LogP contribution in [-0.4, -0.2) is 64.9 Å². The molecule has 2 unspecified atom stereocenters. The van der Waals surface area contributed by atoms with Crippen LogP contribution in [0.15, 0.2) is 30.3 Å². The maximum absolute atomic E-state index is 12.7. The lowest BCUT2D eigenvalue weighted by Crippen LogP contribution is -2.54. The maximum Gasteiger partial charge on any atom is 0.326 e. The van der Waals surface area contributed by atoms with Crippen molar-refractivity contribution in [1.82, 2.24) is 10.2 Å². The Morgan fingerprint density at radius 1 is 1.32 bits per heavy atom. The van der Waals surface area contributed by atoms with Crippen LogP contribution >= 0.6 is 11.8 Å². The number of ether oxygens (including phenoxy) is 1. The lowest BCUT2D eigenvalue weighted by atomic mass is 10.2. The van der Waals surface area contributed by atoms with E-state index >= 15 is 0 Å². The van der Waals surface area contributed by atoms with Crippen LogP contribution in [0.1, 0.15) is 32.3 Å². The van der Waals surface area contributed by atoms with Gasteiger partial charge in [0.15, 0.2) is 0 Å². The molecule has 1 saturated heterocycles. The number of nitrogens with zero attached hydrogens (tertiary/aromatic N) is 1. The molecule has 2 N–H and O–H groups in total. The van der Waals surface area contributed by atoms with Crippen molar-refractivity contribution in [3.8, 4) is 0 Å². The van der Waals surface area contributed by atoms with E-state index in [-0.39, 0.29) is 12.5 Å². The van der Waals surface area contributed by atoms with Crippen LogP contribution in [0.25, 0.3) is 0 Å². The number of amides is 1. The van der Waals surface area contributed by atoms with Gasteiger partial charge in [0.1, 0.15) is 12.1 Å². The van der Waals surface area contributed by atoms with Gasteiger partial charge in [-0.2, -0.15) is 11.8 Å². The first-order valence-electron chi connectivity index (χ1n) is 9.51. The molecule has 1 fully saturated rings. The normalized spacial score (nSPS) is 18.5. The number of aliphatic carboxylic acids is 1. The third-order valence-electron chi connectivity index (χ3n) is 4.61. The molecule has 8 heteroatoms. The number of rotatable bonds is 10. The van der Waals surface area contributed by atoms with Crippen LogP contribution in [0, 0.1) is 0 Å². The highest BCUT2D eigenvalue weighted by molar-refractivity contribution is 7.98. The fourth-order valence-electron chi connectivity index (χ4n) is 3.20. The predicted molar refractivity (Wildman–Crippen MR) is 108 cm³/mol. The summed E-state index contributed by atoms with van der Waals surface area (Å²) in [5, 5.41) is 12.3. The lowest BCUT2D eigenvalue weighted by molar-refractivity contribution is -0.150. The number of hydrogen-bond acceptors (Lipinski definition) is 6. The summed E-state index contributed by atoms with van der Waals surface area (Å²) in [6.07, 6.45) is 1.13. The van der Waals surface area contributed by atoms with Gasteiger partial charge in [-0.3, -0.25) is 14.9 Å². The number of carboxylic acid groups (broad SMARTS) is 1. The highest BCUT2D eigenvalue weighted by Gasteiger charge is 2.37. The quantitative estimate of drug-likeness (QED) is 0.571. The molecule has 154 valence electrons. The summed E-state index contributed by atoms with van der Waals surface area (Å²) in [5.41, 5.74) is 1.15. The minimum atomic E-state index is -0.988. The Labute approximate surface area is 169 Å². The van der Waals surface area contributed by atoms with E-state index in [1.54, 1.807) is 25.6 Å². The highest BCUT2D eigenvalue weighted by atomic mass is 32.2. The second-order valence-corrected chi connectivity index (χ2v) is 7.75. The summed E-state index contributed by atoms with van der Waals surface area (Å²) in [6.45, 7) is 4.08. The molecule has 2 rings (SSSR count). The first kappa shape index (κ1) is 22.2. The van der Waals surface area contributed by atoms with E-state index in [4.69, 9.17) is 4.74 Å². The van der Waals surface area contributed by atoms with Gasteiger partial charge in [-0.25, -0.2) is 4.79 Å². The maximum atomic E-state index is 12.7. The highest BCUT2D eigenvalue weighted by Crippen LogP contribution is 2.19. The molecule has 0 aromatic heterocycles. The minimum absolute atomic E-state index is 0.260. The molecule has 1 heterocycles. The molecule has 1 aromatic rings. The third-order valence-corrected chi connectivity index (χ3v) is 5.72. The van der Waals surface area contributed by atoms with Crippen molar-refractivity contribution in [1.29, 1.82) is 0 Å². The molecule has 0 aliphatic carbocycles. The Morgan fingerprint density at radius 2 is 2.04 bits per heavy atom. The van der Waals surface area contributed by atoms with Crippen molar-refractivity contribution in [3.63, 3.8) is 0 Å². The zero-order valence-electron chi connectivity index (χ0n) is 16.3. The molecule has 1 aliphatic heterocycles. The predicted octanol–water partition coefficient (Wildman–Crippen LogP) is 1.91. The SMILES string of the molecule is CCOC(=O)C(CSCc1ccccc1)NC(C)C(=O)N1CCC[C@H]1C(=O)O. The van der Waals surface area contributed by atoms with Crippen LogP contribution in [0.2, 0.25) is 0 Å². The van der Waals surface area contributed by atoms with Crippen molar-refractivity contribution in [3.05, 3.63) is 35.9 Å². The number of carbonyl (C=O) groups excluding carboxylic acids is 2. The first-order valence-corrected chi connectivity index (χ1v) is 10.7. The van der Waals surface area contributed by atoms with Gasteiger partial charge in [-0.05, 0) is 32.3 Å².